The van der Waals surface area contributed by atoms with Gasteiger partial charge in [0.25, 0.3) is 0 Å². The maximum atomic E-state index is 13.6. The van der Waals surface area contributed by atoms with Gasteiger partial charge in [0.1, 0.15) is 11.6 Å². The van der Waals surface area contributed by atoms with Crippen LogP contribution in [0.3, 0.4) is 0 Å². The highest BCUT2D eigenvalue weighted by Gasteiger charge is 2.08. The van der Waals surface area contributed by atoms with Gasteiger partial charge in [-0.15, -0.1) is 0 Å². The van der Waals surface area contributed by atoms with Crippen molar-refractivity contribution in [1.82, 2.24) is 5.32 Å². The van der Waals surface area contributed by atoms with Gasteiger partial charge in [0, 0.05) is 11.6 Å². The Labute approximate surface area is 119 Å². The SMILES string of the molecule is CC(NCCCOc1ccccc1)c1ccccc1F. The van der Waals surface area contributed by atoms with Gasteiger partial charge in [-0.05, 0) is 38.1 Å². The summed E-state index contributed by atoms with van der Waals surface area (Å²) >= 11 is 0. The van der Waals surface area contributed by atoms with Crippen molar-refractivity contribution in [3.8, 4) is 5.75 Å². The number of halogens is 1. The minimum atomic E-state index is -0.159. The zero-order valence-corrected chi connectivity index (χ0v) is 11.7. The normalized spacial score (nSPS) is 12.1. The lowest BCUT2D eigenvalue weighted by Gasteiger charge is -2.15. The van der Waals surface area contributed by atoms with Crippen molar-refractivity contribution in [2.75, 3.05) is 13.2 Å². The maximum Gasteiger partial charge on any atom is 0.127 e. The smallest absolute Gasteiger partial charge is 0.127 e. The third kappa shape index (κ3) is 4.35. The number of ether oxygens (including phenoxy) is 1. The Hall–Kier alpha value is -1.87. The summed E-state index contributed by atoms with van der Waals surface area (Å²) in [5.41, 5.74) is 0.705. The zero-order chi connectivity index (χ0) is 14.2. The molecular formula is C17H20FNO. The maximum absolute atomic E-state index is 13.6. The third-order valence-corrected chi connectivity index (χ3v) is 3.16. The number of rotatable bonds is 7. The number of para-hydroxylation sites is 1. The number of hydrogen-bond donors (Lipinski definition) is 1. The van der Waals surface area contributed by atoms with Gasteiger partial charge in [-0.2, -0.15) is 0 Å². The largest absolute Gasteiger partial charge is 0.494 e. The molecule has 2 aromatic rings. The Kier molecular flexibility index (Phi) is 5.56. The average Bonchev–Trinajstić information content (AvgIpc) is 2.48. The molecule has 1 unspecified atom stereocenters. The number of nitrogens with one attached hydrogen (secondary N) is 1. The molecule has 0 heterocycles. The van der Waals surface area contributed by atoms with Gasteiger partial charge in [0.15, 0.2) is 0 Å². The topological polar surface area (TPSA) is 21.3 Å². The molecule has 2 rings (SSSR count). The van der Waals surface area contributed by atoms with Crippen molar-refractivity contribution in [3.05, 3.63) is 66.0 Å². The van der Waals surface area contributed by atoms with Crippen LogP contribution in [0.2, 0.25) is 0 Å². The molecule has 0 bridgehead atoms. The van der Waals surface area contributed by atoms with Crippen molar-refractivity contribution in [2.45, 2.75) is 19.4 Å². The van der Waals surface area contributed by atoms with Crippen LogP contribution in [0.25, 0.3) is 0 Å². The van der Waals surface area contributed by atoms with E-state index in [1.807, 2.05) is 49.4 Å². The standard InChI is InChI=1S/C17H20FNO/c1-14(16-10-5-6-11-17(16)18)19-12-7-13-20-15-8-3-2-4-9-15/h2-6,8-11,14,19H,7,12-13H2,1H3. The summed E-state index contributed by atoms with van der Waals surface area (Å²) in [5, 5.41) is 3.31. The van der Waals surface area contributed by atoms with Crippen LogP contribution in [0.1, 0.15) is 24.9 Å². The monoisotopic (exact) mass is 273 g/mol. The molecule has 0 spiro atoms. The molecule has 0 saturated carbocycles. The van der Waals surface area contributed by atoms with E-state index in [-0.39, 0.29) is 11.9 Å². The first kappa shape index (κ1) is 14.5. The molecule has 0 amide bonds. The Morgan fingerprint density at radius 3 is 2.50 bits per heavy atom. The van der Waals surface area contributed by atoms with E-state index in [1.54, 1.807) is 6.07 Å². The molecule has 106 valence electrons. The van der Waals surface area contributed by atoms with E-state index in [0.29, 0.717) is 12.2 Å². The lowest BCUT2D eigenvalue weighted by Crippen LogP contribution is -2.22. The van der Waals surface area contributed by atoms with Gasteiger partial charge in [0.2, 0.25) is 0 Å². The Morgan fingerprint density at radius 2 is 1.75 bits per heavy atom. The van der Waals surface area contributed by atoms with E-state index in [4.69, 9.17) is 4.74 Å². The highest BCUT2D eigenvalue weighted by Crippen LogP contribution is 2.15. The second-order valence-corrected chi connectivity index (χ2v) is 4.71. The molecule has 0 aliphatic heterocycles. The molecule has 0 saturated heterocycles. The fourth-order valence-corrected chi connectivity index (χ4v) is 2.03. The summed E-state index contributed by atoms with van der Waals surface area (Å²) < 4.78 is 19.2. The van der Waals surface area contributed by atoms with Crippen molar-refractivity contribution >= 4 is 0 Å². The third-order valence-electron chi connectivity index (χ3n) is 3.16. The first-order chi connectivity index (χ1) is 9.77. The fourth-order valence-electron chi connectivity index (χ4n) is 2.03. The molecular weight excluding hydrogens is 253 g/mol. The highest BCUT2D eigenvalue weighted by molar-refractivity contribution is 5.21. The first-order valence-electron chi connectivity index (χ1n) is 6.93. The summed E-state index contributed by atoms with van der Waals surface area (Å²) in [5.74, 6) is 0.725. The van der Waals surface area contributed by atoms with Crippen molar-refractivity contribution in [1.29, 1.82) is 0 Å². The second-order valence-electron chi connectivity index (χ2n) is 4.71. The lowest BCUT2D eigenvalue weighted by molar-refractivity contribution is 0.305. The van der Waals surface area contributed by atoms with Gasteiger partial charge < -0.3 is 10.1 Å². The summed E-state index contributed by atoms with van der Waals surface area (Å²) in [4.78, 5) is 0. The minimum Gasteiger partial charge on any atom is -0.494 e. The molecule has 2 aromatic carbocycles. The van der Waals surface area contributed by atoms with E-state index >= 15 is 0 Å². The van der Waals surface area contributed by atoms with Crippen molar-refractivity contribution in [3.63, 3.8) is 0 Å². The first-order valence-corrected chi connectivity index (χ1v) is 6.93. The Morgan fingerprint density at radius 1 is 1.05 bits per heavy atom. The van der Waals surface area contributed by atoms with Crippen molar-refractivity contribution < 1.29 is 9.13 Å². The predicted octanol–water partition coefficient (Wildman–Crippen LogP) is 3.95. The second kappa shape index (κ2) is 7.65. The van der Waals surface area contributed by atoms with E-state index in [9.17, 15) is 4.39 Å². The fraction of sp³-hybridized carbons (Fsp3) is 0.294. The van der Waals surface area contributed by atoms with E-state index in [2.05, 4.69) is 5.32 Å². The van der Waals surface area contributed by atoms with Crippen LogP contribution in [0.5, 0.6) is 5.75 Å². The van der Waals surface area contributed by atoms with E-state index in [1.165, 1.54) is 6.07 Å². The highest BCUT2D eigenvalue weighted by atomic mass is 19.1. The lowest BCUT2D eigenvalue weighted by atomic mass is 10.1. The van der Waals surface area contributed by atoms with Gasteiger partial charge in [-0.25, -0.2) is 4.39 Å². The average molecular weight is 273 g/mol. The predicted molar refractivity (Wildman–Crippen MR) is 79.4 cm³/mol. The number of benzene rings is 2. The zero-order valence-electron chi connectivity index (χ0n) is 11.7. The van der Waals surface area contributed by atoms with Crippen LogP contribution < -0.4 is 10.1 Å². The minimum absolute atomic E-state index is 0.00734. The molecule has 3 heteroatoms. The van der Waals surface area contributed by atoms with Gasteiger partial charge in [-0.3, -0.25) is 0 Å². The number of hydrogen-bond acceptors (Lipinski definition) is 2. The van der Waals surface area contributed by atoms with Crippen LogP contribution in [-0.2, 0) is 0 Å². The summed E-state index contributed by atoms with van der Waals surface area (Å²) in [7, 11) is 0. The van der Waals surface area contributed by atoms with E-state index < -0.39 is 0 Å². The van der Waals surface area contributed by atoms with Crippen LogP contribution in [0.4, 0.5) is 4.39 Å². The molecule has 0 fully saturated rings. The molecule has 0 aliphatic carbocycles. The summed E-state index contributed by atoms with van der Waals surface area (Å²) in [6.07, 6.45) is 0.883. The molecule has 20 heavy (non-hydrogen) atoms. The molecule has 2 nitrogen and oxygen atoms in total. The molecule has 1 N–H and O–H groups in total. The van der Waals surface area contributed by atoms with E-state index in [0.717, 1.165) is 18.7 Å². The van der Waals surface area contributed by atoms with Crippen LogP contribution in [0, 0.1) is 5.82 Å². The summed E-state index contributed by atoms with van der Waals surface area (Å²) in [6, 6.07) is 16.6. The van der Waals surface area contributed by atoms with Crippen molar-refractivity contribution in [2.24, 2.45) is 0 Å². The van der Waals surface area contributed by atoms with Crippen LogP contribution in [-0.4, -0.2) is 13.2 Å². The molecule has 0 aromatic heterocycles. The molecule has 1 atom stereocenters. The van der Waals surface area contributed by atoms with Gasteiger partial charge >= 0.3 is 0 Å². The van der Waals surface area contributed by atoms with Crippen LogP contribution in [0.15, 0.2) is 54.6 Å². The quantitative estimate of drug-likeness (QED) is 0.771. The van der Waals surface area contributed by atoms with Crippen LogP contribution >= 0.6 is 0 Å². The summed E-state index contributed by atoms with van der Waals surface area (Å²) in [6.45, 7) is 3.42. The molecule has 0 aliphatic rings. The van der Waals surface area contributed by atoms with Gasteiger partial charge in [0.05, 0.1) is 6.61 Å². The Balaban J connectivity index is 1.67. The Bertz CT molecular complexity index is 515. The molecule has 0 radical (unpaired) electrons. The van der Waals surface area contributed by atoms with Gasteiger partial charge in [-0.1, -0.05) is 36.4 Å².